The fourth-order valence-corrected chi connectivity index (χ4v) is 5.27. The van der Waals surface area contributed by atoms with E-state index in [1.807, 2.05) is 0 Å². The standard InChI is InChI=1S/C25H23NO5/c1-14-9-16-11-20(14)23-22(16)24(28)26(25(23)29)17-6-4-8-19(12-17)31-13-21(27)15-5-3-7-18(10-15)30-2/h3-10,12,16,20,22-23H,11,13H2,1-2H3/t16-,20+,22-,23+/m0/s1. The van der Waals surface area contributed by atoms with E-state index in [2.05, 4.69) is 13.0 Å². The van der Waals surface area contributed by atoms with Gasteiger partial charge in [0.15, 0.2) is 12.4 Å². The monoisotopic (exact) mass is 417 g/mol. The van der Waals surface area contributed by atoms with Crippen molar-refractivity contribution in [3.63, 3.8) is 0 Å². The number of ether oxygens (including phenoxy) is 2. The van der Waals surface area contributed by atoms with Crippen LogP contribution in [0.15, 0.2) is 60.2 Å². The van der Waals surface area contributed by atoms with Gasteiger partial charge in [-0.15, -0.1) is 0 Å². The second-order valence-corrected chi connectivity index (χ2v) is 8.42. The summed E-state index contributed by atoms with van der Waals surface area (Å²) in [6.07, 6.45) is 3.06. The molecule has 1 saturated heterocycles. The third kappa shape index (κ3) is 3.14. The number of anilines is 1. The SMILES string of the molecule is COc1cccc(C(=O)COc2cccc(N3C(=O)[C@@H]4[C@H](C3=O)[C@@H]3C[C@@H]4C=C3C)c2)c1. The highest BCUT2D eigenvalue weighted by atomic mass is 16.5. The molecule has 5 rings (SSSR count). The molecular weight excluding hydrogens is 394 g/mol. The highest BCUT2D eigenvalue weighted by Gasteiger charge is 2.60. The zero-order valence-electron chi connectivity index (χ0n) is 17.4. The number of hydrogen-bond donors (Lipinski definition) is 0. The lowest BCUT2D eigenvalue weighted by atomic mass is 9.82. The van der Waals surface area contributed by atoms with Crippen molar-refractivity contribution < 1.29 is 23.9 Å². The van der Waals surface area contributed by atoms with Crippen LogP contribution in [0.25, 0.3) is 0 Å². The molecule has 158 valence electrons. The van der Waals surface area contributed by atoms with Crippen LogP contribution in [0.2, 0.25) is 0 Å². The average molecular weight is 417 g/mol. The number of carbonyl (C=O) groups is 3. The molecule has 0 radical (unpaired) electrons. The smallest absolute Gasteiger partial charge is 0.238 e. The third-order valence-corrected chi connectivity index (χ3v) is 6.72. The molecule has 0 aromatic heterocycles. The number of rotatable bonds is 6. The Kier molecular flexibility index (Phi) is 4.65. The molecule has 2 aliphatic carbocycles. The van der Waals surface area contributed by atoms with E-state index in [9.17, 15) is 14.4 Å². The molecule has 3 aliphatic rings. The van der Waals surface area contributed by atoms with Gasteiger partial charge in [-0.05, 0) is 49.4 Å². The van der Waals surface area contributed by atoms with Crippen molar-refractivity contribution in [2.24, 2.45) is 23.7 Å². The van der Waals surface area contributed by atoms with E-state index in [4.69, 9.17) is 9.47 Å². The van der Waals surface area contributed by atoms with Crippen molar-refractivity contribution in [1.82, 2.24) is 0 Å². The summed E-state index contributed by atoms with van der Waals surface area (Å²) in [5.74, 6) is 0.433. The van der Waals surface area contributed by atoms with Crippen molar-refractivity contribution in [2.75, 3.05) is 18.6 Å². The molecule has 6 nitrogen and oxygen atoms in total. The van der Waals surface area contributed by atoms with Crippen LogP contribution in [0.5, 0.6) is 11.5 Å². The van der Waals surface area contributed by atoms with E-state index in [1.54, 1.807) is 55.6 Å². The van der Waals surface area contributed by atoms with E-state index in [0.717, 1.165) is 6.42 Å². The first-order valence-corrected chi connectivity index (χ1v) is 10.4. The molecule has 1 saturated carbocycles. The maximum atomic E-state index is 13.1. The molecule has 2 bridgehead atoms. The summed E-state index contributed by atoms with van der Waals surface area (Å²) in [6, 6.07) is 13.7. The minimum absolute atomic E-state index is 0.125. The summed E-state index contributed by atoms with van der Waals surface area (Å²) in [7, 11) is 1.55. The van der Waals surface area contributed by atoms with Crippen LogP contribution in [-0.2, 0) is 9.59 Å². The van der Waals surface area contributed by atoms with Gasteiger partial charge in [0, 0.05) is 11.6 Å². The van der Waals surface area contributed by atoms with Gasteiger partial charge in [0.05, 0.1) is 24.6 Å². The number of imide groups is 1. The van der Waals surface area contributed by atoms with Gasteiger partial charge in [0.25, 0.3) is 0 Å². The lowest BCUT2D eigenvalue weighted by Crippen LogP contribution is -2.32. The molecule has 0 spiro atoms. The lowest BCUT2D eigenvalue weighted by Gasteiger charge is -2.19. The largest absolute Gasteiger partial charge is 0.497 e. The minimum Gasteiger partial charge on any atom is -0.497 e. The predicted molar refractivity (Wildman–Crippen MR) is 114 cm³/mol. The van der Waals surface area contributed by atoms with E-state index in [0.29, 0.717) is 22.7 Å². The summed E-state index contributed by atoms with van der Waals surface area (Å²) >= 11 is 0. The number of ketones is 1. The van der Waals surface area contributed by atoms with Crippen molar-refractivity contribution in [1.29, 1.82) is 0 Å². The maximum Gasteiger partial charge on any atom is 0.238 e. The van der Waals surface area contributed by atoms with Gasteiger partial charge in [0.2, 0.25) is 11.8 Å². The molecule has 2 fully saturated rings. The van der Waals surface area contributed by atoms with Gasteiger partial charge in [-0.25, -0.2) is 4.90 Å². The molecule has 2 amide bonds. The molecule has 1 heterocycles. The van der Waals surface area contributed by atoms with Crippen molar-refractivity contribution in [2.45, 2.75) is 13.3 Å². The topological polar surface area (TPSA) is 72.9 Å². The fourth-order valence-electron chi connectivity index (χ4n) is 5.27. The molecule has 4 atom stereocenters. The van der Waals surface area contributed by atoms with Crippen LogP contribution in [-0.4, -0.2) is 31.3 Å². The van der Waals surface area contributed by atoms with Gasteiger partial charge in [0.1, 0.15) is 11.5 Å². The number of amides is 2. The molecule has 2 aromatic rings. The number of benzene rings is 2. The van der Waals surface area contributed by atoms with Crippen LogP contribution >= 0.6 is 0 Å². The number of carbonyl (C=O) groups excluding carboxylic acids is 3. The summed E-state index contributed by atoms with van der Waals surface area (Å²) in [5.41, 5.74) is 2.21. The Morgan fingerprint density at radius 3 is 2.58 bits per heavy atom. The van der Waals surface area contributed by atoms with Crippen molar-refractivity contribution in [3.8, 4) is 11.5 Å². The zero-order chi connectivity index (χ0) is 21.7. The summed E-state index contributed by atoms with van der Waals surface area (Å²) < 4.78 is 10.8. The Bertz CT molecular complexity index is 1120. The number of Topliss-reactive ketones (excluding diaryl/α,β-unsaturated/α-hetero) is 1. The van der Waals surface area contributed by atoms with Gasteiger partial charge < -0.3 is 9.47 Å². The van der Waals surface area contributed by atoms with Crippen molar-refractivity contribution in [3.05, 3.63) is 65.7 Å². The zero-order valence-corrected chi connectivity index (χ0v) is 17.4. The van der Waals surface area contributed by atoms with E-state index in [-0.39, 0.29) is 47.9 Å². The molecule has 0 unspecified atom stereocenters. The highest BCUT2D eigenvalue weighted by Crippen LogP contribution is 2.55. The third-order valence-electron chi connectivity index (χ3n) is 6.72. The fraction of sp³-hybridized carbons (Fsp3) is 0.320. The molecule has 0 N–H and O–H groups in total. The predicted octanol–water partition coefficient (Wildman–Crippen LogP) is 3.66. The first kappa shape index (κ1) is 19.5. The Balaban J connectivity index is 1.31. The van der Waals surface area contributed by atoms with Gasteiger partial charge in [-0.3, -0.25) is 14.4 Å². The minimum atomic E-state index is -0.250. The molecular formula is C25H23NO5. The molecule has 31 heavy (non-hydrogen) atoms. The first-order chi connectivity index (χ1) is 15.0. The normalized spacial score (nSPS) is 26.1. The quantitative estimate of drug-likeness (QED) is 0.407. The Hall–Kier alpha value is -3.41. The Morgan fingerprint density at radius 1 is 1.03 bits per heavy atom. The first-order valence-electron chi connectivity index (χ1n) is 10.4. The number of nitrogens with zero attached hydrogens (tertiary/aromatic N) is 1. The number of allylic oxidation sites excluding steroid dienone is 2. The Morgan fingerprint density at radius 2 is 1.77 bits per heavy atom. The van der Waals surface area contributed by atoms with E-state index < -0.39 is 0 Å². The van der Waals surface area contributed by atoms with E-state index in [1.165, 1.54) is 10.5 Å². The number of methoxy groups -OCH3 is 1. The molecule has 1 aliphatic heterocycles. The lowest BCUT2D eigenvalue weighted by molar-refractivity contribution is -0.123. The second kappa shape index (κ2) is 7.38. The van der Waals surface area contributed by atoms with Crippen LogP contribution < -0.4 is 14.4 Å². The van der Waals surface area contributed by atoms with Gasteiger partial charge in [-0.2, -0.15) is 0 Å². The van der Waals surface area contributed by atoms with Gasteiger partial charge >= 0.3 is 0 Å². The maximum absolute atomic E-state index is 13.1. The van der Waals surface area contributed by atoms with Crippen molar-refractivity contribution >= 4 is 23.3 Å². The second-order valence-electron chi connectivity index (χ2n) is 8.42. The van der Waals surface area contributed by atoms with Crippen LogP contribution in [0.1, 0.15) is 23.7 Å². The van der Waals surface area contributed by atoms with Gasteiger partial charge in [-0.1, -0.05) is 29.8 Å². The summed E-state index contributed by atoms with van der Waals surface area (Å²) in [5, 5.41) is 0. The van der Waals surface area contributed by atoms with E-state index >= 15 is 0 Å². The number of hydrogen-bond acceptors (Lipinski definition) is 5. The average Bonchev–Trinajstić information content (AvgIpc) is 3.42. The van der Waals surface area contributed by atoms with Crippen LogP contribution in [0.3, 0.4) is 0 Å². The molecule has 2 aromatic carbocycles. The summed E-state index contributed by atoms with van der Waals surface area (Å²) in [6.45, 7) is 1.89. The van der Waals surface area contributed by atoms with Crippen LogP contribution in [0.4, 0.5) is 5.69 Å². The van der Waals surface area contributed by atoms with Crippen LogP contribution in [0, 0.1) is 23.7 Å². The Labute approximate surface area is 180 Å². The summed E-state index contributed by atoms with van der Waals surface area (Å²) in [4.78, 5) is 40.0. The number of fused-ring (bicyclic) bond motifs is 5. The molecule has 6 heteroatoms. The highest BCUT2D eigenvalue weighted by molar-refractivity contribution is 6.23.